The Hall–Kier alpha value is -3.17. The fourth-order valence-electron chi connectivity index (χ4n) is 3.77. The van der Waals surface area contributed by atoms with Gasteiger partial charge in [-0.05, 0) is 19.8 Å². The molecule has 16 heteroatoms. The van der Waals surface area contributed by atoms with Crippen LogP contribution < -0.4 is 14.2 Å². The molecule has 0 bridgehead atoms. The molecule has 0 spiro atoms. The lowest BCUT2D eigenvalue weighted by Crippen LogP contribution is -2.34. The van der Waals surface area contributed by atoms with Crippen molar-refractivity contribution in [1.82, 2.24) is 34.7 Å². The molecule has 0 saturated heterocycles. The lowest BCUT2D eigenvalue weighted by molar-refractivity contribution is 0.0950. The molecule has 13 nitrogen and oxygen atoms in total. The highest BCUT2D eigenvalue weighted by molar-refractivity contribution is 7.93. The van der Waals surface area contributed by atoms with Crippen molar-refractivity contribution in [2.45, 2.75) is 43.2 Å². The number of hydrogen-bond donors (Lipinski definition) is 1. The highest BCUT2D eigenvalue weighted by atomic mass is 35.5. The maximum Gasteiger partial charge on any atom is 0.245 e. The summed E-state index contributed by atoms with van der Waals surface area (Å²) in [4.78, 5) is 16.3. The van der Waals surface area contributed by atoms with Gasteiger partial charge in [-0.2, -0.15) is 9.97 Å². The number of aromatic nitrogens is 7. The average molecular weight is 543 g/mol. The zero-order chi connectivity index (χ0) is 26.0. The van der Waals surface area contributed by atoms with E-state index in [9.17, 15) is 12.8 Å². The van der Waals surface area contributed by atoms with E-state index in [0.717, 1.165) is 0 Å². The van der Waals surface area contributed by atoms with Crippen molar-refractivity contribution in [3.05, 3.63) is 35.4 Å². The molecule has 4 atom stereocenters. The van der Waals surface area contributed by atoms with Crippen LogP contribution in [0.1, 0.15) is 43.4 Å². The van der Waals surface area contributed by atoms with Gasteiger partial charge in [-0.25, -0.2) is 22.8 Å². The van der Waals surface area contributed by atoms with Gasteiger partial charge in [0.2, 0.25) is 27.7 Å². The van der Waals surface area contributed by atoms with Crippen LogP contribution in [0.5, 0.6) is 11.8 Å². The Labute approximate surface area is 211 Å². The molecule has 1 aliphatic carbocycles. The minimum Gasteiger partial charge on any atom is -0.479 e. The van der Waals surface area contributed by atoms with E-state index in [-0.39, 0.29) is 40.1 Å². The van der Waals surface area contributed by atoms with Crippen LogP contribution in [-0.2, 0) is 14.8 Å². The quantitative estimate of drug-likeness (QED) is 0.400. The van der Waals surface area contributed by atoms with Crippen LogP contribution in [0.4, 0.5) is 10.3 Å². The summed E-state index contributed by atoms with van der Waals surface area (Å²) in [6, 6.07) is 0. The second-order valence-electron chi connectivity index (χ2n) is 7.93. The topological polar surface area (TPSA) is 156 Å². The Kier molecular flexibility index (Phi) is 7.51. The third-order valence-corrected chi connectivity index (χ3v) is 7.76. The Bertz CT molecular complexity index is 1300. The first-order valence-corrected chi connectivity index (χ1v) is 12.7. The molecule has 1 saturated carbocycles. The predicted octanol–water partition coefficient (Wildman–Crippen LogP) is 2.25. The summed E-state index contributed by atoms with van der Waals surface area (Å²) >= 11 is 5.84. The van der Waals surface area contributed by atoms with E-state index in [0.29, 0.717) is 12.8 Å². The number of alkyl halides is 1. The number of nitrogens with one attached hydrogen (secondary N) is 1. The van der Waals surface area contributed by atoms with Crippen LogP contribution in [0.2, 0.25) is 5.02 Å². The van der Waals surface area contributed by atoms with Crippen molar-refractivity contribution in [2.24, 2.45) is 0 Å². The fraction of sp³-hybridized carbons (Fsp3) is 0.500. The van der Waals surface area contributed by atoms with E-state index >= 15 is 0 Å². The molecule has 3 heterocycles. The van der Waals surface area contributed by atoms with E-state index in [1.807, 2.05) is 0 Å². The van der Waals surface area contributed by atoms with Gasteiger partial charge in [-0.1, -0.05) is 11.6 Å². The molecule has 194 valence electrons. The SMILES string of the molecule is COc1ncnc(OC)c1-n1c(NS(=O)(=O)C(C)C(OC)c2ncc(Cl)cn2)nnc1[C@@H]1CC[C@H]1F. The van der Waals surface area contributed by atoms with Crippen LogP contribution in [-0.4, -0.2) is 75.9 Å². The molecule has 1 N–H and O–H groups in total. The molecule has 0 amide bonds. The molecule has 0 radical (unpaired) electrons. The lowest BCUT2D eigenvalue weighted by Gasteiger charge is -2.30. The third-order valence-electron chi connectivity index (χ3n) is 5.87. The lowest BCUT2D eigenvalue weighted by atomic mass is 9.82. The highest BCUT2D eigenvalue weighted by Gasteiger charge is 2.40. The third kappa shape index (κ3) is 4.77. The number of halogens is 2. The van der Waals surface area contributed by atoms with Crippen molar-refractivity contribution in [3.8, 4) is 17.4 Å². The normalized spacial score (nSPS) is 19.3. The molecule has 1 aliphatic rings. The van der Waals surface area contributed by atoms with Crippen LogP contribution in [0, 0.1) is 0 Å². The first-order valence-electron chi connectivity index (χ1n) is 10.8. The molecular weight excluding hydrogens is 519 g/mol. The van der Waals surface area contributed by atoms with Crippen LogP contribution >= 0.6 is 11.6 Å². The summed E-state index contributed by atoms with van der Waals surface area (Å²) in [6.07, 6.45) is 2.54. The number of ether oxygens (including phenoxy) is 3. The maximum absolute atomic E-state index is 14.4. The van der Waals surface area contributed by atoms with Gasteiger partial charge >= 0.3 is 0 Å². The highest BCUT2D eigenvalue weighted by Crippen LogP contribution is 2.42. The van der Waals surface area contributed by atoms with Gasteiger partial charge in [0.05, 0.1) is 25.2 Å². The van der Waals surface area contributed by atoms with Gasteiger partial charge in [-0.15, -0.1) is 10.2 Å². The fourth-order valence-corrected chi connectivity index (χ4v) is 5.00. The molecule has 3 aromatic rings. The van der Waals surface area contributed by atoms with Crippen LogP contribution in [0.3, 0.4) is 0 Å². The summed E-state index contributed by atoms with van der Waals surface area (Å²) in [5, 5.41) is 7.22. The van der Waals surface area contributed by atoms with Crippen molar-refractivity contribution >= 4 is 27.6 Å². The summed E-state index contributed by atoms with van der Waals surface area (Å²) in [5.74, 6) is -0.441. The Morgan fingerprint density at radius 1 is 1.08 bits per heavy atom. The number of sulfonamides is 1. The monoisotopic (exact) mass is 542 g/mol. The maximum atomic E-state index is 14.4. The van der Waals surface area contributed by atoms with Gasteiger partial charge in [-0.3, -0.25) is 9.29 Å². The van der Waals surface area contributed by atoms with Crippen molar-refractivity contribution in [1.29, 1.82) is 0 Å². The number of methoxy groups -OCH3 is 3. The smallest absolute Gasteiger partial charge is 0.245 e. The zero-order valence-corrected chi connectivity index (χ0v) is 21.4. The van der Waals surface area contributed by atoms with E-state index in [1.165, 1.54) is 51.5 Å². The minimum atomic E-state index is -4.19. The molecule has 0 aliphatic heterocycles. The van der Waals surface area contributed by atoms with Gasteiger partial charge < -0.3 is 14.2 Å². The minimum absolute atomic E-state index is 0.0514. The van der Waals surface area contributed by atoms with Gasteiger partial charge in [0, 0.05) is 19.5 Å². The summed E-state index contributed by atoms with van der Waals surface area (Å²) in [5.41, 5.74) is 0.122. The molecule has 0 aromatic carbocycles. The molecule has 4 rings (SSSR count). The number of rotatable bonds is 10. The Morgan fingerprint density at radius 3 is 2.22 bits per heavy atom. The molecule has 1 fully saturated rings. The Morgan fingerprint density at radius 2 is 1.72 bits per heavy atom. The van der Waals surface area contributed by atoms with Gasteiger partial charge in [0.25, 0.3) is 0 Å². The molecule has 3 aromatic heterocycles. The summed E-state index contributed by atoms with van der Waals surface area (Å²) in [7, 11) is -0.111. The number of hydrogen-bond acceptors (Lipinski definition) is 11. The van der Waals surface area contributed by atoms with Gasteiger partial charge in [0.15, 0.2) is 11.5 Å². The van der Waals surface area contributed by atoms with Crippen molar-refractivity contribution in [3.63, 3.8) is 0 Å². The largest absolute Gasteiger partial charge is 0.479 e. The second-order valence-corrected chi connectivity index (χ2v) is 10.4. The summed E-state index contributed by atoms with van der Waals surface area (Å²) in [6.45, 7) is 1.42. The first kappa shape index (κ1) is 25.9. The molecular formula is C20H24ClFN8O5S. The van der Waals surface area contributed by atoms with Crippen LogP contribution in [0.25, 0.3) is 5.69 Å². The van der Waals surface area contributed by atoms with Gasteiger partial charge in [0.1, 0.15) is 29.7 Å². The molecule has 2 unspecified atom stereocenters. The second kappa shape index (κ2) is 10.4. The zero-order valence-electron chi connectivity index (χ0n) is 19.8. The number of anilines is 1. The molecule has 36 heavy (non-hydrogen) atoms. The standard InChI is InChI=1S/C20H24ClFN8O5S/c1-10(15(33-2)16-23-7-11(21)8-24-16)36(31,32)29-20-28-27-17(12-5-6-13(12)22)30(20)14-18(34-3)25-9-26-19(14)35-4/h7-10,12-13,15H,5-6H2,1-4H3,(H,28,29)/t10?,12-,13-,15?/m1/s1. The number of nitrogens with zero attached hydrogens (tertiary/aromatic N) is 7. The van der Waals surface area contributed by atoms with E-state index in [1.54, 1.807) is 0 Å². The summed E-state index contributed by atoms with van der Waals surface area (Å²) < 4.78 is 61.1. The van der Waals surface area contributed by atoms with E-state index in [4.69, 9.17) is 25.8 Å². The van der Waals surface area contributed by atoms with Crippen molar-refractivity contribution < 1.29 is 27.0 Å². The van der Waals surface area contributed by atoms with E-state index in [2.05, 4.69) is 34.9 Å². The first-order chi connectivity index (χ1) is 17.2. The van der Waals surface area contributed by atoms with Crippen LogP contribution in [0.15, 0.2) is 18.7 Å². The van der Waals surface area contributed by atoms with E-state index < -0.39 is 33.5 Å². The van der Waals surface area contributed by atoms with Crippen molar-refractivity contribution in [2.75, 3.05) is 26.1 Å². The predicted molar refractivity (Wildman–Crippen MR) is 126 cm³/mol. The Balaban J connectivity index is 1.78. The average Bonchev–Trinajstić information content (AvgIpc) is 3.24.